The quantitative estimate of drug-likeness (QED) is 0.706. The van der Waals surface area contributed by atoms with Gasteiger partial charge in [-0.05, 0) is 40.6 Å². The van der Waals surface area contributed by atoms with Crippen molar-refractivity contribution in [2.75, 3.05) is 0 Å². The van der Waals surface area contributed by atoms with E-state index in [0.717, 1.165) is 0 Å². The highest BCUT2D eigenvalue weighted by atomic mass is 14.0. The van der Waals surface area contributed by atoms with Crippen LogP contribution in [-0.2, 0) is 0 Å². The lowest BCUT2D eigenvalue weighted by Gasteiger charge is -2.03. The minimum atomic E-state index is 1.26. The summed E-state index contributed by atoms with van der Waals surface area (Å²) in [6.07, 6.45) is 6.07. The van der Waals surface area contributed by atoms with Crippen molar-refractivity contribution in [2.45, 2.75) is 27.7 Å². The lowest BCUT2D eigenvalue weighted by atomic mass is 10.0. The van der Waals surface area contributed by atoms with Gasteiger partial charge >= 0.3 is 0 Å². The molecule has 0 fully saturated rings. The number of hydrogen-bond acceptors (Lipinski definition) is 0. The van der Waals surface area contributed by atoms with Crippen LogP contribution in [0.3, 0.4) is 0 Å². The Morgan fingerprint density at radius 3 is 2.33 bits per heavy atom. The van der Waals surface area contributed by atoms with E-state index in [1.54, 1.807) is 0 Å². The number of fused-ring (bicyclic) bond motifs is 1. The maximum Gasteiger partial charge on any atom is -0.0103 e. The Hall–Kier alpha value is -1.82. The first-order valence-electron chi connectivity index (χ1n) is 6.55. The normalized spacial score (nSPS) is 12.2. The molecule has 2 aromatic carbocycles. The topological polar surface area (TPSA) is 0 Å². The molecule has 0 nitrogen and oxygen atoms in total. The fourth-order valence-corrected chi connectivity index (χ4v) is 2.11. The zero-order chi connectivity index (χ0) is 13.5. The van der Waals surface area contributed by atoms with E-state index in [0.29, 0.717) is 0 Å². The Bertz CT molecular complexity index is 646. The summed E-state index contributed by atoms with van der Waals surface area (Å²) in [5.41, 5.74) is 1.32. The van der Waals surface area contributed by atoms with E-state index in [9.17, 15) is 0 Å². The highest BCUT2D eigenvalue weighted by Crippen LogP contribution is 2.12. The number of allylic oxidation sites excluding steroid dienone is 1. The highest BCUT2D eigenvalue weighted by Gasteiger charge is 1.97. The van der Waals surface area contributed by atoms with Crippen molar-refractivity contribution in [1.29, 1.82) is 0 Å². The number of aryl methyl sites for hydroxylation is 1. The molecule has 0 aromatic heterocycles. The molecule has 0 heteroatoms. The van der Waals surface area contributed by atoms with Gasteiger partial charge in [0, 0.05) is 0 Å². The molecule has 0 aliphatic heterocycles. The molecule has 2 aromatic rings. The third kappa shape index (κ3) is 2.70. The van der Waals surface area contributed by atoms with Crippen LogP contribution in [0.2, 0.25) is 0 Å². The molecule has 18 heavy (non-hydrogen) atoms. The Morgan fingerprint density at radius 2 is 1.72 bits per heavy atom. The van der Waals surface area contributed by atoms with Crippen LogP contribution in [0.5, 0.6) is 0 Å². The predicted molar refractivity (Wildman–Crippen MR) is 84.1 cm³/mol. The molecule has 0 aliphatic rings. The standard InChI is InChI=1S/C16H16.C2H6/c1-4-7-15-13(5-2)10-11-14-12(3)8-6-9-16(14)15;1-2/h4-11H,1H2,2-3H3;1-2H3/b13-5-,15-7+;. The van der Waals surface area contributed by atoms with Crippen molar-refractivity contribution in [2.24, 2.45) is 0 Å². The highest BCUT2D eigenvalue weighted by molar-refractivity contribution is 5.87. The van der Waals surface area contributed by atoms with Gasteiger partial charge in [-0.15, -0.1) is 0 Å². The van der Waals surface area contributed by atoms with E-state index >= 15 is 0 Å². The summed E-state index contributed by atoms with van der Waals surface area (Å²) in [5.74, 6) is 0. The average molecular weight is 238 g/mol. The molecule has 0 radical (unpaired) electrons. The summed E-state index contributed by atoms with van der Waals surface area (Å²) < 4.78 is 0. The van der Waals surface area contributed by atoms with Gasteiger partial charge in [0.1, 0.15) is 0 Å². The summed E-state index contributed by atoms with van der Waals surface area (Å²) >= 11 is 0. The predicted octanol–water partition coefficient (Wildman–Crippen LogP) is 3.94. The smallest absolute Gasteiger partial charge is 0.0103 e. The van der Waals surface area contributed by atoms with Gasteiger partial charge in [0.25, 0.3) is 0 Å². The molecular weight excluding hydrogens is 216 g/mol. The van der Waals surface area contributed by atoms with Crippen LogP contribution in [-0.4, -0.2) is 0 Å². The largest absolute Gasteiger partial charge is 0.0990 e. The van der Waals surface area contributed by atoms with Gasteiger partial charge in [-0.25, -0.2) is 0 Å². The number of hydrogen-bond donors (Lipinski definition) is 0. The van der Waals surface area contributed by atoms with Crippen LogP contribution in [0.15, 0.2) is 43.0 Å². The second kappa shape index (κ2) is 6.80. The maximum atomic E-state index is 3.79. The third-order valence-electron chi connectivity index (χ3n) is 2.95. The van der Waals surface area contributed by atoms with E-state index in [2.05, 4.69) is 62.9 Å². The molecule has 0 heterocycles. The van der Waals surface area contributed by atoms with Gasteiger partial charge < -0.3 is 0 Å². The molecule has 0 atom stereocenters. The summed E-state index contributed by atoms with van der Waals surface area (Å²) in [6.45, 7) is 12.0. The summed E-state index contributed by atoms with van der Waals surface area (Å²) in [5, 5.41) is 5.15. The molecule has 0 unspecified atom stereocenters. The molecule has 0 aliphatic carbocycles. The first-order chi connectivity index (χ1) is 8.77. The van der Waals surface area contributed by atoms with Gasteiger partial charge in [0.05, 0.1) is 0 Å². The lowest BCUT2D eigenvalue weighted by molar-refractivity contribution is 1.49. The first kappa shape index (κ1) is 14.2. The van der Waals surface area contributed by atoms with Crippen LogP contribution in [0.4, 0.5) is 0 Å². The molecule has 0 spiro atoms. The van der Waals surface area contributed by atoms with Gasteiger partial charge in [-0.2, -0.15) is 0 Å². The van der Waals surface area contributed by atoms with Crippen LogP contribution in [0, 0.1) is 6.92 Å². The van der Waals surface area contributed by atoms with Crippen LogP contribution >= 0.6 is 0 Å². The minimum Gasteiger partial charge on any atom is -0.0990 e. The zero-order valence-corrected chi connectivity index (χ0v) is 11.8. The van der Waals surface area contributed by atoms with Gasteiger partial charge in [-0.1, -0.05) is 69.0 Å². The second-order valence-corrected chi connectivity index (χ2v) is 3.93. The molecule has 0 amide bonds. The van der Waals surface area contributed by atoms with Crippen LogP contribution in [0.25, 0.3) is 22.9 Å². The Kier molecular flexibility index (Phi) is 5.38. The van der Waals surface area contributed by atoms with Crippen molar-refractivity contribution >= 4 is 22.9 Å². The fourth-order valence-electron chi connectivity index (χ4n) is 2.11. The molecule has 0 bridgehead atoms. The number of benzene rings is 2. The maximum absolute atomic E-state index is 3.79. The second-order valence-electron chi connectivity index (χ2n) is 3.93. The summed E-state index contributed by atoms with van der Waals surface area (Å²) in [6, 6.07) is 10.8. The molecule has 94 valence electrons. The minimum absolute atomic E-state index is 1.26. The van der Waals surface area contributed by atoms with Crippen molar-refractivity contribution < 1.29 is 0 Å². The fraction of sp³-hybridized carbons (Fsp3) is 0.222. The molecule has 0 saturated heterocycles. The monoisotopic (exact) mass is 238 g/mol. The van der Waals surface area contributed by atoms with E-state index in [-0.39, 0.29) is 0 Å². The molecule has 2 rings (SSSR count). The number of rotatable bonds is 1. The van der Waals surface area contributed by atoms with E-state index in [1.807, 2.05) is 19.9 Å². The van der Waals surface area contributed by atoms with Gasteiger partial charge in [0.15, 0.2) is 0 Å². The molecule has 0 saturated carbocycles. The Labute approximate surface area is 110 Å². The molecular formula is C18H22. The van der Waals surface area contributed by atoms with Crippen LogP contribution < -0.4 is 10.4 Å². The molecule has 0 N–H and O–H groups in total. The van der Waals surface area contributed by atoms with Crippen molar-refractivity contribution in [1.82, 2.24) is 0 Å². The van der Waals surface area contributed by atoms with E-state index in [1.165, 1.54) is 26.8 Å². The zero-order valence-electron chi connectivity index (χ0n) is 11.8. The third-order valence-corrected chi connectivity index (χ3v) is 2.95. The first-order valence-corrected chi connectivity index (χ1v) is 6.55. The SMILES string of the molecule is C=C/C=c1\c(=C/C)ccc2c(C)cccc12.CC. The van der Waals surface area contributed by atoms with Crippen LogP contribution in [0.1, 0.15) is 26.3 Å². The Balaban J connectivity index is 0.000000771. The van der Waals surface area contributed by atoms with Crippen molar-refractivity contribution in [3.05, 3.63) is 59.0 Å². The lowest BCUT2D eigenvalue weighted by Crippen LogP contribution is -2.24. The Morgan fingerprint density at radius 1 is 1.00 bits per heavy atom. The van der Waals surface area contributed by atoms with Crippen molar-refractivity contribution in [3.8, 4) is 0 Å². The summed E-state index contributed by atoms with van der Waals surface area (Å²) in [7, 11) is 0. The van der Waals surface area contributed by atoms with Crippen molar-refractivity contribution in [3.63, 3.8) is 0 Å². The van der Waals surface area contributed by atoms with Gasteiger partial charge in [0.2, 0.25) is 0 Å². The summed E-state index contributed by atoms with van der Waals surface area (Å²) in [4.78, 5) is 0. The average Bonchev–Trinajstić information content (AvgIpc) is 2.42. The van der Waals surface area contributed by atoms with E-state index < -0.39 is 0 Å². The van der Waals surface area contributed by atoms with Gasteiger partial charge in [-0.3, -0.25) is 0 Å². The van der Waals surface area contributed by atoms with E-state index in [4.69, 9.17) is 0 Å².